The van der Waals surface area contributed by atoms with E-state index in [-0.39, 0.29) is 29.8 Å². The molecular formula is C20H24FNO3S. The first-order chi connectivity index (χ1) is 12.4. The summed E-state index contributed by atoms with van der Waals surface area (Å²) in [7, 11) is -3.63. The van der Waals surface area contributed by atoms with Crippen LogP contribution in [-0.4, -0.2) is 33.4 Å². The van der Waals surface area contributed by atoms with E-state index in [1.54, 1.807) is 36.4 Å². The average molecular weight is 377 g/mol. The minimum absolute atomic E-state index is 0.157. The summed E-state index contributed by atoms with van der Waals surface area (Å²) in [6.07, 6.45) is 0. The zero-order valence-electron chi connectivity index (χ0n) is 15.0. The number of rotatable bonds is 7. The number of nitrogens with two attached hydrogens (primary N) is 1. The van der Waals surface area contributed by atoms with Gasteiger partial charge in [0.2, 0.25) is 0 Å². The molecule has 0 aromatic heterocycles. The van der Waals surface area contributed by atoms with Crippen LogP contribution in [0.2, 0.25) is 0 Å². The first-order valence-corrected chi connectivity index (χ1v) is 10.3. The van der Waals surface area contributed by atoms with Crippen molar-refractivity contribution in [1.82, 2.24) is 0 Å². The highest BCUT2D eigenvalue weighted by molar-refractivity contribution is 7.92. The lowest BCUT2D eigenvalue weighted by molar-refractivity contribution is 0.101. The van der Waals surface area contributed by atoms with E-state index in [1.807, 2.05) is 13.8 Å². The van der Waals surface area contributed by atoms with Gasteiger partial charge < -0.3 is 10.5 Å². The molecule has 0 aliphatic heterocycles. The Kier molecular flexibility index (Phi) is 5.19. The van der Waals surface area contributed by atoms with Crippen molar-refractivity contribution in [2.24, 2.45) is 11.1 Å². The molecule has 0 spiro atoms. The minimum Gasteiger partial charge on any atom is -0.381 e. The van der Waals surface area contributed by atoms with Crippen LogP contribution in [0, 0.1) is 18.2 Å². The van der Waals surface area contributed by atoms with Crippen molar-refractivity contribution in [3.05, 3.63) is 65.5 Å². The SMILES string of the molecule is CCOC[C@@]1(CN)[C@@H](c2cccc(F)c2)[C@@H]1S(=O)(=O)c1ccc(C)cc1. The molecule has 2 aromatic rings. The minimum atomic E-state index is -3.63. The number of hydrogen-bond acceptors (Lipinski definition) is 4. The van der Waals surface area contributed by atoms with Gasteiger partial charge in [-0.05, 0) is 43.7 Å². The molecule has 0 heterocycles. The third kappa shape index (κ3) is 3.17. The summed E-state index contributed by atoms with van der Waals surface area (Å²) in [5.74, 6) is -0.774. The second kappa shape index (κ2) is 7.10. The van der Waals surface area contributed by atoms with Crippen LogP contribution in [0.15, 0.2) is 53.4 Å². The molecule has 1 aliphatic rings. The van der Waals surface area contributed by atoms with Gasteiger partial charge in [-0.15, -0.1) is 0 Å². The van der Waals surface area contributed by atoms with Gasteiger partial charge in [0.05, 0.1) is 16.8 Å². The van der Waals surface area contributed by atoms with Gasteiger partial charge in [0.25, 0.3) is 0 Å². The third-order valence-corrected chi connectivity index (χ3v) is 7.57. The molecule has 0 bridgehead atoms. The Labute approximate surface area is 154 Å². The van der Waals surface area contributed by atoms with Crippen molar-refractivity contribution in [2.75, 3.05) is 19.8 Å². The Bertz CT molecular complexity index is 882. The highest BCUT2D eigenvalue weighted by atomic mass is 32.2. The lowest BCUT2D eigenvalue weighted by atomic mass is 10.00. The van der Waals surface area contributed by atoms with Crippen LogP contribution in [-0.2, 0) is 14.6 Å². The molecule has 4 nitrogen and oxygen atoms in total. The van der Waals surface area contributed by atoms with Crippen LogP contribution in [0.5, 0.6) is 0 Å². The van der Waals surface area contributed by atoms with Crippen molar-refractivity contribution in [3.63, 3.8) is 0 Å². The maximum Gasteiger partial charge on any atom is 0.182 e. The molecule has 0 amide bonds. The smallest absolute Gasteiger partial charge is 0.182 e. The third-order valence-electron chi connectivity index (χ3n) is 5.23. The first-order valence-electron chi connectivity index (χ1n) is 8.70. The van der Waals surface area contributed by atoms with Gasteiger partial charge in [-0.25, -0.2) is 12.8 Å². The molecular weight excluding hydrogens is 353 g/mol. The van der Waals surface area contributed by atoms with E-state index in [2.05, 4.69) is 0 Å². The molecule has 3 rings (SSSR count). The quantitative estimate of drug-likeness (QED) is 0.805. The van der Waals surface area contributed by atoms with Crippen LogP contribution in [0.4, 0.5) is 4.39 Å². The highest BCUT2D eigenvalue weighted by Gasteiger charge is 2.70. The number of benzene rings is 2. The second-order valence-electron chi connectivity index (χ2n) is 6.89. The lowest BCUT2D eigenvalue weighted by Gasteiger charge is -2.16. The monoisotopic (exact) mass is 377 g/mol. The van der Waals surface area contributed by atoms with E-state index in [9.17, 15) is 12.8 Å². The van der Waals surface area contributed by atoms with E-state index < -0.39 is 20.5 Å². The Morgan fingerprint density at radius 2 is 1.88 bits per heavy atom. The molecule has 140 valence electrons. The van der Waals surface area contributed by atoms with E-state index in [1.165, 1.54) is 12.1 Å². The van der Waals surface area contributed by atoms with Gasteiger partial charge >= 0.3 is 0 Å². The standard InChI is InChI=1S/C20H24FNO3S/c1-3-25-13-20(12-22)18(15-5-4-6-16(21)11-15)19(20)26(23,24)17-9-7-14(2)8-10-17/h4-11,18-19H,3,12-13,22H2,1-2H3/t18-,19-,20-/m0/s1. The van der Waals surface area contributed by atoms with Crippen LogP contribution >= 0.6 is 0 Å². The summed E-state index contributed by atoms with van der Waals surface area (Å²) in [5, 5.41) is -0.726. The molecule has 0 radical (unpaired) electrons. The fraction of sp³-hybridized carbons (Fsp3) is 0.400. The summed E-state index contributed by atoms with van der Waals surface area (Å²) in [6.45, 7) is 4.62. The normalized spacial score (nSPS) is 25.2. The van der Waals surface area contributed by atoms with Gasteiger partial charge in [0.15, 0.2) is 9.84 Å². The highest BCUT2D eigenvalue weighted by Crippen LogP contribution is 2.63. The molecule has 1 fully saturated rings. The zero-order valence-corrected chi connectivity index (χ0v) is 15.8. The van der Waals surface area contributed by atoms with E-state index in [4.69, 9.17) is 10.5 Å². The largest absolute Gasteiger partial charge is 0.381 e. The lowest BCUT2D eigenvalue weighted by Crippen LogP contribution is -2.29. The summed E-state index contributed by atoms with van der Waals surface area (Å²) < 4.78 is 45.9. The van der Waals surface area contributed by atoms with E-state index >= 15 is 0 Å². The van der Waals surface area contributed by atoms with Crippen molar-refractivity contribution in [3.8, 4) is 0 Å². The molecule has 1 aliphatic carbocycles. The number of sulfone groups is 1. The molecule has 2 aromatic carbocycles. The van der Waals surface area contributed by atoms with Crippen LogP contribution in [0.25, 0.3) is 0 Å². The molecule has 6 heteroatoms. The van der Waals surface area contributed by atoms with Crippen LogP contribution in [0.1, 0.15) is 24.0 Å². The second-order valence-corrected chi connectivity index (χ2v) is 8.96. The maximum atomic E-state index is 13.7. The topological polar surface area (TPSA) is 69.4 Å². The Hall–Kier alpha value is -1.76. The maximum absolute atomic E-state index is 13.7. The Morgan fingerprint density at radius 1 is 1.19 bits per heavy atom. The zero-order chi connectivity index (χ0) is 18.9. The Morgan fingerprint density at radius 3 is 2.46 bits per heavy atom. The summed E-state index contributed by atoms with van der Waals surface area (Å²) >= 11 is 0. The predicted molar refractivity (Wildman–Crippen MR) is 99.3 cm³/mol. The van der Waals surface area contributed by atoms with E-state index in [0.717, 1.165) is 5.56 Å². The van der Waals surface area contributed by atoms with Gasteiger partial charge in [-0.1, -0.05) is 29.8 Å². The number of halogens is 1. The summed E-state index contributed by atoms with van der Waals surface area (Å²) in [4.78, 5) is 0.265. The first kappa shape index (κ1) is 19.0. The van der Waals surface area contributed by atoms with Crippen molar-refractivity contribution in [1.29, 1.82) is 0 Å². The molecule has 2 N–H and O–H groups in total. The summed E-state index contributed by atoms with van der Waals surface area (Å²) in [5.41, 5.74) is 6.92. The predicted octanol–water partition coefficient (Wildman–Crippen LogP) is 3.06. The van der Waals surface area contributed by atoms with Crippen molar-refractivity contribution < 1.29 is 17.5 Å². The number of hydrogen-bond donors (Lipinski definition) is 1. The summed E-state index contributed by atoms with van der Waals surface area (Å²) in [6, 6.07) is 12.9. The van der Waals surface area contributed by atoms with Gasteiger partial charge in [-0.3, -0.25) is 0 Å². The van der Waals surface area contributed by atoms with Gasteiger partial charge in [0, 0.05) is 24.5 Å². The van der Waals surface area contributed by atoms with Crippen molar-refractivity contribution >= 4 is 9.84 Å². The Balaban J connectivity index is 2.05. The van der Waals surface area contributed by atoms with Crippen LogP contribution in [0.3, 0.4) is 0 Å². The number of aryl methyl sites for hydroxylation is 1. The van der Waals surface area contributed by atoms with Gasteiger partial charge in [-0.2, -0.15) is 0 Å². The average Bonchev–Trinajstić information content (AvgIpc) is 3.31. The fourth-order valence-electron chi connectivity index (χ4n) is 3.79. The van der Waals surface area contributed by atoms with E-state index in [0.29, 0.717) is 12.2 Å². The molecule has 26 heavy (non-hydrogen) atoms. The molecule has 0 unspecified atom stereocenters. The molecule has 0 saturated heterocycles. The number of ether oxygens (including phenoxy) is 1. The molecule has 3 atom stereocenters. The van der Waals surface area contributed by atoms with Crippen LogP contribution < -0.4 is 5.73 Å². The van der Waals surface area contributed by atoms with Crippen molar-refractivity contribution in [2.45, 2.75) is 29.9 Å². The van der Waals surface area contributed by atoms with Gasteiger partial charge in [0.1, 0.15) is 5.82 Å². The fourth-order valence-corrected chi connectivity index (χ4v) is 6.23. The molecule has 1 saturated carbocycles.